The lowest BCUT2D eigenvalue weighted by Crippen LogP contribution is -2.43. The Kier molecular flexibility index (Phi) is 6.96. The second-order valence-corrected chi connectivity index (χ2v) is 9.00. The van der Waals surface area contributed by atoms with Crippen LogP contribution in [0.3, 0.4) is 0 Å². The average molecular weight is 416 g/mol. The van der Waals surface area contributed by atoms with E-state index >= 15 is 0 Å². The van der Waals surface area contributed by atoms with Crippen molar-refractivity contribution in [2.24, 2.45) is 0 Å². The highest BCUT2D eigenvalue weighted by Crippen LogP contribution is 2.38. The Morgan fingerprint density at radius 3 is 2.24 bits per heavy atom. The van der Waals surface area contributed by atoms with Gasteiger partial charge in [0.1, 0.15) is 11.6 Å². The zero-order chi connectivity index (χ0) is 20.9. The van der Waals surface area contributed by atoms with Crippen molar-refractivity contribution in [2.45, 2.75) is 63.8 Å². The van der Waals surface area contributed by atoms with Gasteiger partial charge in [-0.25, -0.2) is 4.39 Å². The van der Waals surface area contributed by atoms with Crippen LogP contribution in [0.25, 0.3) is 0 Å². The maximum absolute atomic E-state index is 13.3. The van der Waals surface area contributed by atoms with E-state index in [1.807, 2.05) is 13.0 Å². The Morgan fingerprint density at radius 2 is 1.62 bits per heavy atom. The van der Waals surface area contributed by atoms with E-state index in [1.165, 1.54) is 23.5 Å². The normalized spacial score (nSPS) is 15.2. The Hall–Kier alpha value is -2.34. The van der Waals surface area contributed by atoms with Crippen LogP contribution in [0, 0.1) is 12.7 Å². The molecule has 154 valence electrons. The fourth-order valence-corrected chi connectivity index (χ4v) is 4.74. The van der Waals surface area contributed by atoms with Crippen LogP contribution in [0.5, 0.6) is 0 Å². The molecule has 0 atom stereocenters. The molecule has 1 saturated carbocycles. The molecule has 0 radical (unpaired) electrons. The summed E-state index contributed by atoms with van der Waals surface area (Å²) in [5.41, 5.74) is 0.439. The van der Waals surface area contributed by atoms with E-state index in [0.29, 0.717) is 4.88 Å². The van der Waals surface area contributed by atoms with Gasteiger partial charge in [0.15, 0.2) is 5.78 Å². The molecule has 1 fully saturated rings. The number of nitrogens with one attached hydrogen (secondary N) is 1. The van der Waals surface area contributed by atoms with Crippen LogP contribution < -0.4 is 5.32 Å². The summed E-state index contributed by atoms with van der Waals surface area (Å²) in [5, 5.41) is 3.10. The lowest BCUT2D eigenvalue weighted by Gasteiger charge is -2.31. The molecule has 29 heavy (non-hydrogen) atoms. The molecule has 1 aromatic heterocycles. The Balaban J connectivity index is 1.48. The van der Waals surface area contributed by atoms with Gasteiger partial charge in [-0.15, -0.1) is 11.3 Å². The summed E-state index contributed by atoms with van der Waals surface area (Å²) in [6.07, 6.45) is 4.20. The minimum atomic E-state index is -0.471. The van der Waals surface area contributed by atoms with Gasteiger partial charge >= 0.3 is 0 Å². The number of carbonyl (C=O) groups is 3. The molecular formula is C23H26FNO3S. The number of Topliss-reactive ketones (excluding diaryl/α,β-unsaturated/α-hetero) is 2. The van der Waals surface area contributed by atoms with Gasteiger partial charge in [-0.2, -0.15) is 0 Å². The van der Waals surface area contributed by atoms with E-state index in [9.17, 15) is 18.8 Å². The number of ketones is 2. The number of amides is 1. The fraction of sp³-hybridized carbons (Fsp3) is 0.435. The van der Waals surface area contributed by atoms with Gasteiger partial charge < -0.3 is 5.32 Å². The lowest BCUT2D eigenvalue weighted by molar-refractivity contribution is -0.126. The summed E-state index contributed by atoms with van der Waals surface area (Å²) in [5.74, 6) is -0.581. The standard InChI is InChI=1S/C23H26FNO3S/c1-16-4-12-21(29-16)20(27)11-9-19(26)10-13-22(28)25-23(14-2-3-15-23)17-5-7-18(24)8-6-17/h4-8,12H,2-3,9-11,13-15H2,1H3,(H,25,28). The third-order valence-electron chi connectivity index (χ3n) is 5.51. The number of benzene rings is 1. The molecule has 0 unspecified atom stereocenters. The molecule has 1 aromatic carbocycles. The monoisotopic (exact) mass is 415 g/mol. The number of thiophene rings is 1. The molecule has 1 aliphatic rings. The molecule has 2 aromatic rings. The maximum atomic E-state index is 13.3. The molecule has 1 aliphatic carbocycles. The summed E-state index contributed by atoms with van der Waals surface area (Å²) in [4.78, 5) is 38.5. The number of hydrogen-bond acceptors (Lipinski definition) is 4. The highest BCUT2D eigenvalue weighted by molar-refractivity contribution is 7.14. The Morgan fingerprint density at radius 1 is 0.966 bits per heavy atom. The van der Waals surface area contributed by atoms with Crippen molar-refractivity contribution in [3.8, 4) is 0 Å². The van der Waals surface area contributed by atoms with E-state index < -0.39 is 5.54 Å². The summed E-state index contributed by atoms with van der Waals surface area (Å²) < 4.78 is 13.3. The molecule has 1 heterocycles. The van der Waals surface area contributed by atoms with E-state index in [2.05, 4.69) is 5.32 Å². The number of halogens is 1. The number of hydrogen-bond donors (Lipinski definition) is 1. The van der Waals surface area contributed by atoms with Crippen molar-refractivity contribution < 1.29 is 18.8 Å². The first-order valence-electron chi connectivity index (χ1n) is 10.1. The molecule has 6 heteroatoms. The van der Waals surface area contributed by atoms with Crippen LogP contribution in [0.15, 0.2) is 36.4 Å². The SMILES string of the molecule is Cc1ccc(C(=O)CCC(=O)CCC(=O)NC2(c3ccc(F)cc3)CCCC2)s1. The summed E-state index contributed by atoms with van der Waals surface area (Å²) in [6.45, 7) is 1.94. The van der Waals surface area contributed by atoms with E-state index in [0.717, 1.165) is 36.1 Å². The molecule has 0 aliphatic heterocycles. The van der Waals surface area contributed by atoms with Crippen LogP contribution >= 0.6 is 11.3 Å². The molecule has 0 bridgehead atoms. The van der Waals surface area contributed by atoms with Gasteiger partial charge in [-0.3, -0.25) is 14.4 Å². The largest absolute Gasteiger partial charge is 0.347 e. The predicted molar refractivity (Wildman–Crippen MR) is 112 cm³/mol. The van der Waals surface area contributed by atoms with Crippen molar-refractivity contribution in [2.75, 3.05) is 0 Å². The van der Waals surface area contributed by atoms with E-state index in [-0.39, 0.29) is 49.0 Å². The summed E-state index contributed by atoms with van der Waals surface area (Å²) in [6, 6.07) is 9.96. The topological polar surface area (TPSA) is 63.2 Å². The Labute approximate surface area is 174 Å². The zero-order valence-electron chi connectivity index (χ0n) is 16.6. The number of rotatable bonds is 9. The second-order valence-electron chi connectivity index (χ2n) is 7.72. The van der Waals surface area contributed by atoms with Crippen molar-refractivity contribution in [3.05, 3.63) is 57.5 Å². The van der Waals surface area contributed by atoms with Gasteiger partial charge in [-0.05, 0) is 49.6 Å². The molecular weight excluding hydrogens is 389 g/mol. The van der Waals surface area contributed by atoms with Gasteiger partial charge in [-0.1, -0.05) is 25.0 Å². The molecule has 0 spiro atoms. The van der Waals surface area contributed by atoms with Crippen LogP contribution in [0.2, 0.25) is 0 Å². The first-order valence-corrected chi connectivity index (χ1v) is 10.9. The fourth-order valence-electron chi connectivity index (χ4n) is 3.90. The van der Waals surface area contributed by atoms with Gasteiger partial charge in [0, 0.05) is 30.6 Å². The molecule has 1 N–H and O–H groups in total. The van der Waals surface area contributed by atoms with Crippen LogP contribution in [0.1, 0.15) is 71.5 Å². The summed E-state index contributed by atoms with van der Waals surface area (Å²) >= 11 is 1.43. The van der Waals surface area contributed by atoms with Crippen molar-refractivity contribution in [3.63, 3.8) is 0 Å². The maximum Gasteiger partial charge on any atom is 0.221 e. The van der Waals surface area contributed by atoms with Gasteiger partial charge in [0.2, 0.25) is 5.91 Å². The lowest BCUT2D eigenvalue weighted by atomic mass is 9.88. The average Bonchev–Trinajstić information content (AvgIpc) is 3.35. The van der Waals surface area contributed by atoms with Crippen molar-refractivity contribution >= 4 is 28.8 Å². The van der Waals surface area contributed by atoms with Crippen molar-refractivity contribution in [1.29, 1.82) is 0 Å². The zero-order valence-corrected chi connectivity index (χ0v) is 17.4. The predicted octanol–water partition coefficient (Wildman–Crippen LogP) is 5.09. The molecule has 0 saturated heterocycles. The smallest absolute Gasteiger partial charge is 0.221 e. The van der Waals surface area contributed by atoms with E-state index in [4.69, 9.17) is 0 Å². The minimum absolute atomic E-state index is 0.0258. The summed E-state index contributed by atoms with van der Waals surface area (Å²) in [7, 11) is 0. The van der Waals surface area contributed by atoms with Crippen LogP contribution in [-0.2, 0) is 15.1 Å². The highest BCUT2D eigenvalue weighted by atomic mass is 32.1. The quantitative estimate of drug-likeness (QED) is 0.580. The van der Waals surface area contributed by atoms with Crippen LogP contribution in [0.4, 0.5) is 4.39 Å². The third kappa shape index (κ3) is 5.60. The van der Waals surface area contributed by atoms with E-state index in [1.54, 1.807) is 18.2 Å². The Bertz CT molecular complexity index is 882. The second kappa shape index (κ2) is 9.44. The number of carbonyl (C=O) groups excluding carboxylic acids is 3. The molecule has 1 amide bonds. The van der Waals surface area contributed by atoms with Crippen LogP contribution in [-0.4, -0.2) is 17.5 Å². The minimum Gasteiger partial charge on any atom is -0.347 e. The first kappa shape index (κ1) is 21.4. The molecule has 3 rings (SSSR count). The highest BCUT2D eigenvalue weighted by Gasteiger charge is 2.36. The number of aryl methyl sites for hydroxylation is 1. The molecule has 4 nitrogen and oxygen atoms in total. The third-order valence-corrected chi connectivity index (χ3v) is 6.55. The van der Waals surface area contributed by atoms with Gasteiger partial charge in [0.05, 0.1) is 10.4 Å². The first-order chi connectivity index (χ1) is 13.9. The van der Waals surface area contributed by atoms with Gasteiger partial charge in [0.25, 0.3) is 0 Å². The van der Waals surface area contributed by atoms with Crippen molar-refractivity contribution in [1.82, 2.24) is 5.32 Å².